The van der Waals surface area contributed by atoms with Gasteiger partial charge in [-0.05, 0) is 75.5 Å². The molecule has 1 amide bonds. The van der Waals surface area contributed by atoms with Crippen LogP contribution in [-0.4, -0.2) is 35.0 Å². The number of carbonyl (C=O) groups is 1. The van der Waals surface area contributed by atoms with Gasteiger partial charge in [0.2, 0.25) is 0 Å². The summed E-state index contributed by atoms with van der Waals surface area (Å²) in [6, 6.07) is 25.8. The third-order valence-corrected chi connectivity index (χ3v) is 8.46. The van der Waals surface area contributed by atoms with E-state index in [1.165, 1.54) is 4.68 Å². The van der Waals surface area contributed by atoms with E-state index in [1.807, 2.05) is 74.5 Å². The van der Waals surface area contributed by atoms with Gasteiger partial charge in [0.15, 0.2) is 23.9 Å². The molecule has 0 aliphatic heterocycles. The van der Waals surface area contributed by atoms with Crippen LogP contribution in [0.15, 0.2) is 104 Å². The van der Waals surface area contributed by atoms with Crippen LogP contribution in [0.2, 0.25) is 0 Å². The van der Waals surface area contributed by atoms with E-state index in [1.54, 1.807) is 30.5 Å². The first-order chi connectivity index (χ1) is 20.4. The van der Waals surface area contributed by atoms with Crippen molar-refractivity contribution in [2.75, 3.05) is 18.5 Å². The Bertz CT molecular complexity index is 1860. The Balaban J connectivity index is 1.49. The lowest BCUT2D eigenvalue weighted by molar-refractivity contribution is -0.118. The first-order valence-corrected chi connectivity index (χ1v) is 14.7. The maximum absolute atomic E-state index is 13.5. The Morgan fingerprint density at radius 2 is 1.69 bits per heavy atom. The number of amides is 1. The fraction of sp³-hybridized carbons (Fsp3) is 0.125. The third-order valence-electron chi connectivity index (χ3n) is 6.32. The standard InChI is InChI=1S/C32H26Br2N4O4/c1-3-41-26-17-22(28(33)29(34)30(26)42-19-27(39)36-24-15-9-7-11-20(24)2)18-35-38-31(21-12-5-4-6-13-21)37-25-16-10-8-14-23(25)32(38)40/h4-18H,3,19H2,1-2H3,(H,36,39). The SMILES string of the molecule is CCOc1cc(C=Nn2c(-c3ccccc3)nc3ccccc3c2=O)c(Br)c(Br)c1OCC(=O)Nc1ccccc1C. The first-order valence-electron chi connectivity index (χ1n) is 13.1. The van der Waals surface area contributed by atoms with Crippen LogP contribution in [0.4, 0.5) is 5.69 Å². The maximum Gasteiger partial charge on any atom is 0.282 e. The van der Waals surface area contributed by atoms with E-state index in [2.05, 4.69) is 42.3 Å². The van der Waals surface area contributed by atoms with Crippen molar-refractivity contribution in [3.8, 4) is 22.9 Å². The zero-order valence-corrected chi connectivity index (χ0v) is 26.0. The summed E-state index contributed by atoms with van der Waals surface area (Å²) in [5.41, 5.74) is 3.32. The molecule has 0 saturated carbocycles. The number of halogens is 2. The van der Waals surface area contributed by atoms with Gasteiger partial charge < -0.3 is 14.8 Å². The second-order valence-corrected chi connectivity index (χ2v) is 10.8. The quantitative estimate of drug-likeness (QED) is 0.165. The maximum atomic E-state index is 13.5. The van der Waals surface area contributed by atoms with Crippen molar-refractivity contribution in [3.63, 3.8) is 0 Å². The van der Waals surface area contributed by atoms with Crippen LogP contribution in [0, 0.1) is 6.92 Å². The zero-order chi connectivity index (χ0) is 29.6. The molecular formula is C32H26Br2N4O4. The molecule has 42 heavy (non-hydrogen) atoms. The Hall–Kier alpha value is -4.28. The highest BCUT2D eigenvalue weighted by atomic mass is 79.9. The molecule has 0 spiro atoms. The molecular weight excluding hydrogens is 664 g/mol. The minimum Gasteiger partial charge on any atom is -0.490 e. The molecule has 8 nitrogen and oxygen atoms in total. The predicted molar refractivity (Wildman–Crippen MR) is 173 cm³/mol. The van der Waals surface area contributed by atoms with E-state index in [0.717, 1.165) is 16.8 Å². The van der Waals surface area contributed by atoms with Crippen molar-refractivity contribution in [2.24, 2.45) is 5.10 Å². The summed E-state index contributed by atoms with van der Waals surface area (Å²) in [5.74, 6) is 0.868. The van der Waals surface area contributed by atoms with E-state index in [-0.39, 0.29) is 18.1 Å². The van der Waals surface area contributed by atoms with Gasteiger partial charge in [0, 0.05) is 21.3 Å². The molecule has 10 heteroatoms. The van der Waals surface area contributed by atoms with Gasteiger partial charge in [-0.15, -0.1) is 0 Å². The molecule has 0 aliphatic carbocycles. The highest BCUT2D eigenvalue weighted by Crippen LogP contribution is 2.42. The molecule has 4 aromatic carbocycles. The molecule has 1 N–H and O–H groups in total. The number of carbonyl (C=O) groups excluding carboxylic acids is 1. The van der Waals surface area contributed by atoms with Crippen LogP contribution < -0.4 is 20.3 Å². The van der Waals surface area contributed by atoms with Crippen molar-refractivity contribution in [3.05, 3.63) is 115 Å². The van der Waals surface area contributed by atoms with Gasteiger partial charge in [-0.25, -0.2) is 4.98 Å². The number of hydrogen-bond donors (Lipinski definition) is 1. The van der Waals surface area contributed by atoms with Gasteiger partial charge in [-0.1, -0.05) is 60.7 Å². The Morgan fingerprint density at radius 1 is 0.976 bits per heavy atom. The zero-order valence-electron chi connectivity index (χ0n) is 22.8. The number of nitrogens with one attached hydrogen (secondary N) is 1. The summed E-state index contributed by atoms with van der Waals surface area (Å²) in [6.45, 7) is 3.90. The lowest BCUT2D eigenvalue weighted by Gasteiger charge is -2.16. The van der Waals surface area contributed by atoms with Crippen LogP contribution in [0.5, 0.6) is 11.5 Å². The summed E-state index contributed by atoms with van der Waals surface area (Å²) in [6.07, 6.45) is 1.55. The van der Waals surface area contributed by atoms with Crippen LogP contribution in [0.3, 0.4) is 0 Å². The normalized spacial score (nSPS) is 11.1. The van der Waals surface area contributed by atoms with Crippen molar-refractivity contribution in [1.29, 1.82) is 0 Å². The van der Waals surface area contributed by atoms with E-state index in [0.29, 0.717) is 49.3 Å². The largest absolute Gasteiger partial charge is 0.490 e. The predicted octanol–water partition coefficient (Wildman–Crippen LogP) is 7.20. The third kappa shape index (κ3) is 6.29. The van der Waals surface area contributed by atoms with Crippen LogP contribution in [0.1, 0.15) is 18.1 Å². The number of para-hydroxylation sites is 2. The van der Waals surface area contributed by atoms with Crippen molar-refractivity contribution in [1.82, 2.24) is 9.66 Å². The second kappa shape index (κ2) is 13.1. The first kappa shape index (κ1) is 29.2. The summed E-state index contributed by atoms with van der Waals surface area (Å²) < 4.78 is 14.2. The molecule has 0 bridgehead atoms. The molecule has 1 heterocycles. The van der Waals surface area contributed by atoms with Gasteiger partial charge in [-0.3, -0.25) is 9.59 Å². The van der Waals surface area contributed by atoms with Gasteiger partial charge >= 0.3 is 0 Å². The summed E-state index contributed by atoms with van der Waals surface area (Å²) in [5, 5.41) is 7.89. The van der Waals surface area contributed by atoms with Crippen LogP contribution >= 0.6 is 31.9 Å². The molecule has 0 atom stereocenters. The number of nitrogens with zero attached hydrogens (tertiary/aromatic N) is 3. The number of aromatic nitrogens is 2. The fourth-order valence-corrected chi connectivity index (χ4v) is 5.19. The number of aryl methyl sites for hydroxylation is 1. The highest BCUT2D eigenvalue weighted by Gasteiger charge is 2.19. The smallest absolute Gasteiger partial charge is 0.282 e. The van der Waals surface area contributed by atoms with Crippen molar-refractivity contribution >= 4 is 60.6 Å². The summed E-state index contributed by atoms with van der Waals surface area (Å²) in [7, 11) is 0. The Kier molecular flexibility index (Phi) is 9.14. The van der Waals surface area contributed by atoms with Gasteiger partial charge in [0.25, 0.3) is 11.5 Å². The fourth-order valence-electron chi connectivity index (χ4n) is 4.26. The monoisotopic (exact) mass is 688 g/mol. The van der Waals surface area contributed by atoms with Crippen LogP contribution in [0.25, 0.3) is 22.3 Å². The molecule has 0 fully saturated rings. The summed E-state index contributed by atoms with van der Waals surface area (Å²) >= 11 is 7.18. The molecule has 0 aliphatic rings. The Morgan fingerprint density at radius 3 is 2.45 bits per heavy atom. The van der Waals surface area contributed by atoms with Gasteiger partial charge in [0.05, 0.1) is 28.2 Å². The second-order valence-electron chi connectivity index (χ2n) is 9.19. The topological polar surface area (TPSA) is 94.8 Å². The minimum atomic E-state index is -0.308. The lowest BCUT2D eigenvalue weighted by atomic mass is 10.2. The minimum absolute atomic E-state index is 0.231. The lowest BCUT2D eigenvalue weighted by Crippen LogP contribution is -2.21. The molecule has 0 unspecified atom stereocenters. The number of anilines is 1. The number of fused-ring (bicyclic) bond motifs is 1. The molecule has 5 aromatic rings. The average Bonchev–Trinajstić information content (AvgIpc) is 3.00. The van der Waals surface area contributed by atoms with Crippen LogP contribution in [-0.2, 0) is 4.79 Å². The highest BCUT2D eigenvalue weighted by molar-refractivity contribution is 9.13. The van der Waals surface area contributed by atoms with E-state index < -0.39 is 0 Å². The van der Waals surface area contributed by atoms with Crippen molar-refractivity contribution < 1.29 is 14.3 Å². The number of benzene rings is 4. The molecule has 0 saturated heterocycles. The number of rotatable bonds is 9. The van der Waals surface area contributed by atoms with E-state index >= 15 is 0 Å². The Labute approximate surface area is 259 Å². The number of ether oxygens (including phenoxy) is 2. The average molecular weight is 690 g/mol. The summed E-state index contributed by atoms with van der Waals surface area (Å²) in [4.78, 5) is 30.9. The van der Waals surface area contributed by atoms with Crippen molar-refractivity contribution in [2.45, 2.75) is 13.8 Å². The molecule has 212 valence electrons. The van der Waals surface area contributed by atoms with Gasteiger partial charge in [0.1, 0.15) is 0 Å². The molecule has 0 radical (unpaired) electrons. The van der Waals surface area contributed by atoms with E-state index in [4.69, 9.17) is 14.5 Å². The van der Waals surface area contributed by atoms with E-state index in [9.17, 15) is 9.59 Å². The molecule has 1 aromatic heterocycles. The van der Waals surface area contributed by atoms with Gasteiger partial charge in [-0.2, -0.15) is 9.78 Å². The molecule has 5 rings (SSSR count). The number of hydrogen-bond acceptors (Lipinski definition) is 6.